The molecule has 0 bridgehead atoms. The monoisotopic (exact) mass is 406 g/mol. The highest BCUT2D eigenvalue weighted by Crippen LogP contribution is 2.46. The van der Waals surface area contributed by atoms with Crippen molar-refractivity contribution < 1.29 is 9.00 Å². The first-order valence-electron chi connectivity index (χ1n) is 9.47. The molecule has 0 aliphatic heterocycles. The Morgan fingerprint density at radius 3 is 2.72 bits per heavy atom. The van der Waals surface area contributed by atoms with Crippen molar-refractivity contribution in [2.75, 3.05) is 5.75 Å². The Labute approximate surface area is 167 Å². The second-order valence-corrected chi connectivity index (χ2v) is 10.0. The summed E-state index contributed by atoms with van der Waals surface area (Å²) < 4.78 is 19.6. The third-order valence-corrected chi connectivity index (χ3v) is 7.79. The predicted octanol–water partition coefficient (Wildman–Crippen LogP) is 2.88. The van der Waals surface area contributed by atoms with Crippen LogP contribution in [0.3, 0.4) is 0 Å². The minimum atomic E-state index is -2.94. The molecule has 29 heavy (non-hydrogen) atoms. The standard InChI is InChI=1S/C20H18N6O2S/c21-12-20(5-6-20)19(27)25-29(28,11-14-1-2-14)17-3-4-18-15(7-17)10-26(24-18)16-8-22-13-23-9-16/h3-4,7-10,13-14H,1-2,5-6,11H2. The molecule has 2 aliphatic rings. The summed E-state index contributed by atoms with van der Waals surface area (Å²) in [5.74, 6) is 0.130. The Kier molecular flexibility index (Phi) is 3.99. The van der Waals surface area contributed by atoms with Gasteiger partial charge in [0.2, 0.25) is 0 Å². The molecule has 1 atom stereocenters. The molecule has 1 aromatic carbocycles. The van der Waals surface area contributed by atoms with E-state index in [1.807, 2.05) is 6.20 Å². The van der Waals surface area contributed by atoms with E-state index in [-0.39, 0.29) is 0 Å². The normalized spacial score (nSPS) is 19.3. The third-order valence-electron chi connectivity index (χ3n) is 5.42. The van der Waals surface area contributed by atoms with Gasteiger partial charge in [0.1, 0.15) is 17.4 Å². The SMILES string of the molecule is N#CC1(C(=O)N=S(=O)(CC2CC2)c2ccc3nn(-c4cncnc4)cc3c2)CC1. The molecule has 8 nitrogen and oxygen atoms in total. The summed E-state index contributed by atoms with van der Waals surface area (Å²) in [4.78, 5) is 21.1. The van der Waals surface area contributed by atoms with Crippen molar-refractivity contribution in [3.63, 3.8) is 0 Å². The van der Waals surface area contributed by atoms with Gasteiger partial charge < -0.3 is 0 Å². The number of carbonyl (C=O) groups excluding carboxylic acids is 1. The molecule has 1 amide bonds. The maximum Gasteiger partial charge on any atom is 0.274 e. The zero-order chi connectivity index (χ0) is 20.1. The lowest BCUT2D eigenvalue weighted by Crippen LogP contribution is -2.17. The second kappa shape index (κ2) is 6.46. The smallest absolute Gasteiger partial charge is 0.270 e. The van der Waals surface area contributed by atoms with E-state index in [4.69, 9.17) is 0 Å². The van der Waals surface area contributed by atoms with E-state index in [9.17, 15) is 14.3 Å². The first-order valence-corrected chi connectivity index (χ1v) is 11.2. The molecule has 5 rings (SSSR count). The highest BCUT2D eigenvalue weighted by Gasteiger charge is 2.51. The lowest BCUT2D eigenvalue weighted by molar-refractivity contribution is -0.120. The van der Waals surface area contributed by atoms with Gasteiger partial charge >= 0.3 is 0 Å². The summed E-state index contributed by atoms with van der Waals surface area (Å²) in [6.45, 7) is 0. The Bertz CT molecular complexity index is 1280. The lowest BCUT2D eigenvalue weighted by atomic mass is 10.1. The van der Waals surface area contributed by atoms with Crippen molar-refractivity contribution in [1.82, 2.24) is 19.7 Å². The van der Waals surface area contributed by atoms with E-state index in [2.05, 4.69) is 25.5 Å². The third kappa shape index (κ3) is 3.29. The molecular weight excluding hydrogens is 388 g/mol. The number of hydrogen-bond donors (Lipinski definition) is 0. The van der Waals surface area contributed by atoms with Gasteiger partial charge in [0.05, 0.1) is 33.7 Å². The van der Waals surface area contributed by atoms with Crippen molar-refractivity contribution in [3.8, 4) is 11.8 Å². The average molecular weight is 406 g/mol. The molecule has 2 saturated carbocycles. The molecule has 1 unspecified atom stereocenters. The Morgan fingerprint density at radius 1 is 1.31 bits per heavy atom. The van der Waals surface area contributed by atoms with Crippen LogP contribution in [0.2, 0.25) is 0 Å². The van der Waals surface area contributed by atoms with E-state index >= 15 is 0 Å². The molecule has 2 fully saturated rings. The number of nitrogens with zero attached hydrogens (tertiary/aromatic N) is 6. The largest absolute Gasteiger partial charge is 0.274 e. The summed E-state index contributed by atoms with van der Waals surface area (Å²) in [7, 11) is -2.94. The second-order valence-electron chi connectivity index (χ2n) is 7.73. The average Bonchev–Trinajstić information content (AvgIpc) is 3.66. The zero-order valence-corrected chi connectivity index (χ0v) is 16.4. The fraction of sp³-hybridized carbons (Fsp3) is 0.350. The Balaban J connectivity index is 1.58. The van der Waals surface area contributed by atoms with Crippen LogP contribution < -0.4 is 0 Å². The van der Waals surface area contributed by atoms with Crippen LogP contribution in [0.25, 0.3) is 16.6 Å². The van der Waals surface area contributed by atoms with E-state index in [1.54, 1.807) is 35.3 Å². The Hall–Kier alpha value is -3.12. The van der Waals surface area contributed by atoms with Crippen molar-refractivity contribution in [1.29, 1.82) is 5.26 Å². The van der Waals surface area contributed by atoms with Crippen molar-refractivity contribution in [3.05, 3.63) is 43.1 Å². The molecule has 2 aromatic heterocycles. The number of fused-ring (bicyclic) bond motifs is 1. The zero-order valence-electron chi connectivity index (χ0n) is 15.6. The van der Waals surface area contributed by atoms with Gasteiger partial charge in [-0.15, -0.1) is 0 Å². The summed E-state index contributed by atoms with van der Waals surface area (Å²) in [5, 5.41) is 14.6. The van der Waals surface area contributed by atoms with E-state index < -0.39 is 21.1 Å². The minimum Gasteiger partial charge on any atom is -0.270 e. The topological polar surface area (TPSA) is 114 Å². The summed E-state index contributed by atoms with van der Waals surface area (Å²) >= 11 is 0. The number of aromatic nitrogens is 4. The van der Waals surface area contributed by atoms with Gasteiger partial charge in [-0.2, -0.15) is 14.7 Å². The van der Waals surface area contributed by atoms with Crippen LogP contribution in [0.4, 0.5) is 0 Å². The molecule has 0 saturated heterocycles. The van der Waals surface area contributed by atoms with Gasteiger partial charge in [-0.1, -0.05) is 0 Å². The van der Waals surface area contributed by atoms with Crippen LogP contribution in [-0.4, -0.2) is 35.6 Å². The molecule has 3 aromatic rings. The number of hydrogen-bond acceptors (Lipinski definition) is 6. The van der Waals surface area contributed by atoms with Gasteiger partial charge in [-0.3, -0.25) is 4.79 Å². The van der Waals surface area contributed by atoms with Crippen molar-refractivity contribution in [2.24, 2.45) is 15.7 Å². The van der Waals surface area contributed by atoms with Crippen LogP contribution in [0.1, 0.15) is 25.7 Å². The fourth-order valence-corrected chi connectivity index (χ4v) is 5.63. The van der Waals surface area contributed by atoms with E-state index in [0.29, 0.717) is 35.1 Å². The maximum atomic E-state index is 13.8. The van der Waals surface area contributed by atoms with Crippen LogP contribution in [0.15, 0.2) is 52.4 Å². The van der Waals surface area contributed by atoms with Gasteiger partial charge in [-0.25, -0.2) is 18.9 Å². The number of amides is 1. The van der Waals surface area contributed by atoms with Gasteiger partial charge in [0.25, 0.3) is 5.91 Å². The Morgan fingerprint density at radius 2 is 2.07 bits per heavy atom. The molecule has 9 heteroatoms. The molecule has 0 spiro atoms. The van der Waals surface area contributed by atoms with Gasteiger partial charge in [0.15, 0.2) is 0 Å². The molecule has 2 heterocycles. The molecular formula is C20H18N6O2S. The minimum absolute atomic E-state index is 0.316. The summed E-state index contributed by atoms with van der Waals surface area (Å²) in [6, 6.07) is 7.36. The molecule has 146 valence electrons. The summed E-state index contributed by atoms with van der Waals surface area (Å²) in [6.07, 6.45) is 9.56. The number of benzene rings is 1. The lowest BCUT2D eigenvalue weighted by Gasteiger charge is -2.11. The molecule has 0 N–H and O–H groups in total. The quantitative estimate of drug-likeness (QED) is 0.644. The number of rotatable bonds is 5. The molecule has 2 aliphatic carbocycles. The van der Waals surface area contributed by atoms with Crippen LogP contribution in [-0.2, 0) is 14.5 Å². The highest BCUT2D eigenvalue weighted by atomic mass is 32.2. The van der Waals surface area contributed by atoms with Crippen LogP contribution in [0, 0.1) is 22.7 Å². The predicted molar refractivity (Wildman–Crippen MR) is 105 cm³/mol. The highest BCUT2D eigenvalue weighted by molar-refractivity contribution is 7.94. The van der Waals surface area contributed by atoms with Crippen LogP contribution >= 0.6 is 0 Å². The first kappa shape index (κ1) is 17.9. The van der Waals surface area contributed by atoms with Gasteiger partial charge in [-0.05, 0) is 49.8 Å². The van der Waals surface area contributed by atoms with E-state index in [0.717, 1.165) is 23.7 Å². The van der Waals surface area contributed by atoms with Gasteiger partial charge in [0, 0.05) is 22.2 Å². The maximum absolute atomic E-state index is 13.8. The summed E-state index contributed by atoms with van der Waals surface area (Å²) in [5.41, 5.74) is 0.385. The fourth-order valence-electron chi connectivity index (χ4n) is 3.25. The first-order chi connectivity index (χ1) is 14.0. The van der Waals surface area contributed by atoms with Crippen molar-refractivity contribution >= 4 is 26.5 Å². The van der Waals surface area contributed by atoms with Crippen molar-refractivity contribution in [2.45, 2.75) is 30.6 Å². The van der Waals surface area contributed by atoms with Crippen LogP contribution in [0.5, 0.6) is 0 Å². The number of nitriles is 1. The number of carbonyl (C=O) groups is 1. The van der Waals surface area contributed by atoms with E-state index in [1.165, 1.54) is 6.33 Å². The molecule has 0 radical (unpaired) electrons.